The van der Waals surface area contributed by atoms with E-state index < -0.39 is 12.5 Å². The van der Waals surface area contributed by atoms with Crippen LogP contribution >= 0.6 is 0 Å². The highest BCUT2D eigenvalue weighted by Crippen LogP contribution is 2.17. The highest BCUT2D eigenvalue weighted by Gasteiger charge is 2.09. The lowest BCUT2D eigenvalue weighted by Crippen LogP contribution is -2.38. The minimum absolute atomic E-state index is 0.559. The highest BCUT2D eigenvalue weighted by atomic mass is 16.3. The molecule has 0 bridgehead atoms. The van der Waals surface area contributed by atoms with Gasteiger partial charge in [0, 0.05) is 0 Å². The molecule has 0 saturated heterocycles. The fraction of sp³-hybridized carbons (Fsp3) is 1.00. The Morgan fingerprint density at radius 3 is 0.574 bits per heavy atom. The van der Waals surface area contributed by atoms with Crippen LogP contribution in [0.4, 0.5) is 0 Å². The largest absolute Gasteiger partial charge is 0.379 e. The number of nitrogens with one attached hydrogen (secondary N) is 1. The molecule has 0 aliphatic carbocycles. The molecule has 0 aromatic rings. The van der Waals surface area contributed by atoms with Gasteiger partial charge < -0.3 is 10.2 Å². The number of hydrogen-bond acceptors (Lipinski definition) is 3. The van der Waals surface area contributed by atoms with Crippen LogP contribution in [0, 0.1) is 0 Å². The summed E-state index contributed by atoms with van der Waals surface area (Å²) in [6, 6.07) is 0. The Morgan fingerprint density at radius 2 is 0.404 bits per heavy atom. The maximum Gasteiger partial charge on any atom is 0.106 e. The molecule has 0 radical (unpaired) electrons. The van der Waals surface area contributed by atoms with Crippen LogP contribution in [-0.2, 0) is 0 Å². The van der Waals surface area contributed by atoms with Gasteiger partial charge in [-0.05, 0) is 25.7 Å². The summed E-state index contributed by atoms with van der Waals surface area (Å²) in [5.74, 6) is 0. The van der Waals surface area contributed by atoms with Crippen molar-refractivity contribution in [3.8, 4) is 0 Å². The fourth-order valence-corrected chi connectivity index (χ4v) is 7.22. The predicted octanol–water partition coefficient (Wildman–Crippen LogP) is 14.9. The zero-order valence-electron chi connectivity index (χ0n) is 32.8. The summed E-state index contributed by atoms with van der Waals surface area (Å²) in [7, 11) is 0. The maximum absolute atomic E-state index is 10.3. The molecule has 2 unspecified atom stereocenters. The SMILES string of the molecule is CCCCCCCCCCCCCCCCCCCCCCCC(O)NC(O)CCCCCCCCCCCCCCCCCCC. The average molecular weight is 666 g/mol. The van der Waals surface area contributed by atoms with Gasteiger partial charge in [-0.1, -0.05) is 245 Å². The van der Waals surface area contributed by atoms with Gasteiger partial charge in [0.25, 0.3) is 0 Å². The summed E-state index contributed by atoms with van der Waals surface area (Å²) in [5.41, 5.74) is 0. The van der Waals surface area contributed by atoms with Crippen LogP contribution in [0.15, 0.2) is 0 Å². The van der Waals surface area contributed by atoms with E-state index in [2.05, 4.69) is 19.2 Å². The maximum atomic E-state index is 10.3. The van der Waals surface area contributed by atoms with Crippen LogP contribution in [0.25, 0.3) is 0 Å². The summed E-state index contributed by atoms with van der Waals surface area (Å²) in [5, 5.41) is 23.5. The third-order valence-corrected chi connectivity index (χ3v) is 10.5. The first-order valence-electron chi connectivity index (χ1n) is 22.3. The molecule has 0 spiro atoms. The van der Waals surface area contributed by atoms with Crippen molar-refractivity contribution in [1.82, 2.24) is 5.32 Å². The smallest absolute Gasteiger partial charge is 0.106 e. The Bertz CT molecular complexity index is 541. The van der Waals surface area contributed by atoms with E-state index in [1.807, 2.05) is 0 Å². The van der Waals surface area contributed by atoms with Crippen molar-refractivity contribution in [2.75, 3.05) is 0 Å². The zero-order chi connectivity index (χ0) is 34.1. The van der Waals surface area contributed by atoms with Crippen LogP contribution < -0.4 is 5.32 Å². The first-order chi connectivity index (χ1) is 23.2. The lowest BCUT2D eigenvalue weighted by atomic mass is 10.0. The second-order valence-electron chi connectivity index (χ2n) is 15.5. The van der Waals surface area contributed by atoms with E-state index in [0.717, 1.165) is 25.7 Å². The van der Waals surface area contributed by atoms with Gasteiger partial charge in [0.2, 0.25) is 0 Å². The standard InChI is InChI=1S/C44H91NO2/c1-3-5-7-9-11-13-15-17-19-21-22-23-24-26-28-30-32-34-36-38-40-42-44(47)45-43(46)41-39-37-35-33-31-29-27-25-20-18-16-14-12-10-8-6-4-2/h43-47H,3-42H2,1-2H3. The minimum atomic E-state index is -0.559. The third-order valence-electron chi connectivity index (χ3n) is 10.5. The molecular weight excluding hydrogens is 574 g/mol. The van der Waals surface area contributed by atoms with Crippen molar-refractivity contribution < 1.29 is 10.2 Å². The number of hydrogen-bond donors (Lipinski definition) is 3. The van der Waals surface area contributed by atoms with Crippen LogP contribution in [0.5, 0.6) is 0 Å². The molecule has 0 aromatic carbocycles. The number of unbranched alkanes of at least 4 members (excludes halogenated alkanes) is 36. The van der Waals surface area contributed by atoms with Gasteiger partial charge in [-0.2, -0.15) is 0 Å². The van der Waals surface area contributed by atoms with E-state index >= 15 is 0 Å². The Hall–Kier alpha value is -0.120. The summed E-state index contributed by atoms with van der Waals surface area (Å²) in [6.45, 7) is 4.59. The topological polar surface area (TPSA) is 52.5 Å². The first kappa shape index (κ1) is 46.9. The van der Waals surface area contributed by atoms with Crippen LogP contribution in [0.2, 0.25) is 0 Å². The Morgan fingerprint density at radius 1 is 0.255 bits per heavy atom. The van der Waals surface area contributed by atoms with E-state index in [0.29, 0.717) is 0 Å². The summed E-state index contributed by atoms with van der Waals surface area (Å²) < 4.78 is 0. The second-order valence-corrected chi connectivity index (χ2v) is 15.5. The molecule has 0 aromatic heterocycles. The molecule has 3 N–H and O–H groups in total. The summed E-state index contributed by atoms with van der Waals surface area (Å²) in [6.07, 6.45) is 53.1. The monoisotopic (exact) mass is 666 g/mol. The zero-order valence-corrected chi connectivity index (χ0v) is 32.8. The normalized spacial score (nSPS) is 13.0. The molecule has 0 rings (SSSR count). The number of aliphatic hydroxyl groups excluding tert-OH is 2. The summed E-state index contributed by atoms with van der Waals surface area (Å²) in [4.78, 5) is 0. The molecule has 0 aliphatic rings. The third kappa shape index (κ3) is 42.0. The molecule has 47 heavy (non-hydrogen) atoms. The van der Waals surface area contributed by atoms with E-state index in [4.69, 9.17) is 0 Å². The molecule has 0 amide bonds. The van der Waals surface area contributed by atoms with Crippen molar-refractivity contribution in [2.24, 2.45) is 0 Å². The molecule has 0 fully saturated rings. The van der Waals surface area contributed by atoms with Crippen molar-refractivity contribution in [1.29, 1.82) is 0 Å². The Kier molecular flexibility index (Phi) is 41.9. The molecule has 3 heteroatoms. The van der Waals surface area contributed by atoms with E-state index in [9.17, 15) is 10.2 Å². The Labute approximate surface area is 298 Å². The lowest BCUT2D eigenvalue weighted by molar-refractivity contribution is 0.0310. The quantitative estimate of drug-likeness (QED) is 0.0449. The summed E-state index contributed by atoms with van der Waals surface area (Å²) >= 11 is 0. The van der Waals surface area contributed by atoms with Gasteiger partial charge >= 0.3 is 0 Å². The first-order valence-corrected chi connectivity index (χ1v) is 22.3. The molecule has 284 valence electrons. The molecule has 0 saturated carbocycles. The minimum Gasteiger partial charge on any atom is -0.379 e. The van der Waals surface area contributed by atoms with Gasteiger partial charge in [0.05, 0.1) is 0 Å². The molecule has 2 atom stereocenters. The molecule has 3 nitrogen and oxygen atoms in total. The van der Waals surface area contributed by atoms with E-state index in [1.165, 1.54) is 231 Å². The highest BCUT2D eigenvalue weighted by molar-refractivity contribution is 4.60. The van der Waals surface area contributed by atoms with Crippen molar-refractivity contribution in [3.63, 3.8) is 0 Å². The molecule has 0 aliphatic heterocycles. The van der Waals surface area contributed by atoms with Crippen molar-refractivity contribution in [2.45, 2.75) is 283 Å². The lowest BCUT2D eigenvalue weighted by Gasteiger charge is -2.18. The Balaban J connectivity index is 3.24. The van der Waals surface area contributed by atoms with Gasteiger partial charge in [-0.25, -0.2) is 0 Å². The predicted molar refractivity (Wildman–Crippen MR) is 211 cm³/mol. The van der Waals surface area contributed by atoms with Gasteiger partial charge in [0.15, 0.2) is 0 Å². The van der Waals surface area contributed by atoms with Crippen molar-refractivity contribution >= 4 is 0 Å². The number of rotatable bonds is 42. The number of aliphatic hydroxyl groups is 2. The van der Waals surface area contributed by atoms with E-state index in [1.54, 1.807) is 0 Å². The average Bonchev–Trinajstić information content (AvgIpc) is 3.06. The molecule has 0 heterocycles. The van der Waals surface area contributed by atoms with Crippen LogP contribution in [0.1, 0.15) is 271 Å². The second kappa shape index (κ2) is 42.0. The van der Waals surface area contributed by atoms with Gasteiger partial charge in [-0.3, -0.25) is 5.32 Å². The van der Waals surface area contributed by atoms with Crippen LogP contribution in [-0.4, -0.2) is 22.7 Å². The van der Waals surface area contributed by atoms with Gasteiger partial charge in [0.1, 0.15) is 12.5 Å². The van der Waals surface area contributed by atoms with Gasteiger partial charge in [-0.15, -0.1) is 0 Å². The van der Waals surface area contributed by atoms with E-state index in [-0.39, 0.29) is 0 Å². The van der Waals surface area contributed by atoms with Crippen molar-refractivity contribution in [3.05, 3.63) is 0 Å². The van der Waals surface area contributed by atoms with Crippen LogP contribution in [0.3, 0.4) is 0 Å². The fourth-order valence-electron chi connectivity index (χ4n) is 7.22. The molecular formula is C44H91NO2.